The Hall–Kier alpha value is -0.100. The molecule has 1 aromatic rings. The molecule has 0 aliphatic rings. The Morgan fingerprint density at radius 1 is 1.41 bits per heavy atom. The van der Waals surface area contributed by atoms with Crippen LogP contribution in [-0.4, -0.2) is 31.1 Å². The highest BCUT2D eigenvalue weighted by molar-refractivity contribution is 9.09. The van der Waals surface area contributed by atoms with Gasteiger partial charge in [0, 0.05) is 18.4 Å². The normalized spacial score (nSPS) is 13.9. The SMILES string of the molecule is CC(Br)CCN(C)S(=O)(=O)c1ccccc1Cl. The molecule has 0 aliphatic carbocycles. The number of hydrogen-bond acceptors (Lipinski definition) is 2. The summed E-state index contributed by atoms with van der Waals surface area (Å²) in [5, 5.41) is 0.256. The van der Waals surface area contributed by atoms with E-state index in [2.05, 4.69) is 15.9 Å². The van der Waals surface area contributed by atoms with E-state index in [-0.39, 0.29) is 14.7 Å². The summed E-state index contributed by atoms with van der Waals surface area (Å²) in [6.07, 6.45) is 0.750. The van der Waals surface area contributed by atoms with E-state index in [0.717, 1.165) is 6.42 Å². The summed E-state index contributed by atoms with van der Waals surface area (Å²) < 4.78 is 25.7. The van der Waals surface area contributed by atoms with Gasteiger partial charge in [-0.3, -0.25) is 0 Å². The van der Waals surface area contributed by atoms with Crippen LogP contribution in [0.2, 0.25) is 5.02 Å². The minimum Gasteiger partial charge on any atom is -0.207 e. The Morgan fingerprint density at radius 3 is 2.53 bits per heavy atom. The zero-order chi connectivity index (χ0) is 13.1. The summed E-state index contributed by atoms with van der Waals surface area (Å²) in [6.45, 7) is 2.44. The number of nitrogens with zero attached hydrogens (tertiary/aromatic N) is 1. The summed E-state index contributed by atoms with van der Waals surface area (Å²) in [4.78, 5) is 0.442. The van der Waals surface area contributed by atoms with Gasteiger partial charge in [-0.2, -0.15) is 0 Å². The van der Waals surface area contributed by atoms with E-state index in [0.29, 0.717) is 6.54 Å². The molecule has 1 atom stereocenters. The van der Waals surface area contributed by atoms with Crippen LogP contribution in [0, 0.1) is 0 Å². The van der Waals surface area contributed by atoms with E-state index in [1.807, 2.05) is 6.92 Å². The number of alkyl halides is 1. The monoisotopic (exact) mass is 339 g/mol. The zero-order valence-corrected chi connectivity index (χ0v) is 12.9. The lowest BCUT2D eigenvalue weighted by atomic mass is 10.3. The van der Waals surface area contributed by atoms with Gasteiger partial charge in [0.25, 0.3) is 0 Å². The van der Waals surface area contributed by atoms with Crippen molar-refractivity contribution in [2.75, 3.05) is 13.6 Å². The summed E-state index contributed by atoms with van der Waals surface area (Å²) in [6, 6.07) is 6.47. The molecule has 0 aliphatic heterocycles. The van der Waals surface area contributed by atoms with Crippen molar-refractivity contribution in [1.29, 1.82) is 0 Å². The number of benzene rings is 1. The predicted octanol–water partition coefficient (Wildman–Crippen LogP) is 3.13. The topological polar surface area (TPSA) is 37.4 Å². The standard InChI is InChI=1S/C11H15BrClNO2S/c1-9(12)7-8-14(2)17(15,16)11-6-4-3-5-10(11)13/h3-6,9H,7-8H2,1-2H3. The van der Waals surface area contributed by atoms with Crippen LogP contribution >= 0.6 is 27.5 Å². The van der Waals surface area contributed by atoms with Gasteiger partial charge in [0.15, 0.2) is 0 Å². The fraction of sp³-hybridized carbons (Fsp3) is 0.455. The summed E-state index contributed by atoms with van der Waals surface area (Å²) in [5.74, 6) is 0. The Balaban J connectivity index is 2.92. The van der Waals surface area contributed by atoms with E-state index < -0.39 is 10.0 Å². The van der Waals surface area contributed by atoms with Gasteiger partial charge in [0.05, 0.1) is 5.02 Å². The molecule has 0 spiro atoms. The zero-order valence-electron chi connectivity index (χ0n) is 9.73. The number of halogens is 2. The van der Waals surface area contributed by atoms with Crippen molar-refractivity contribution in [3.05, 3.63) is 29.3 Å². The largest absolute Gasteiger partial charge is 0.244 e. The first kappa shape index (κ1) is 15.0. The second-order valence-corrected chi connectivity index (χ2v) is 7.81. The van der Waals surface area contributed by atoms with Crippen molar-refractivity contribution >= 4 is 37.6 Å². The predicted molar refractivity (Wildman–Crippen MR) is 74.3 cm³/mol. The quantitative estimate of drug-likeness (QED) is 0.772. The third-order valence-corrected chi connectivity index (χ3v) is 5.18. The molecule has 1 rings (SSSR count). The lowest BCUT2D eigenvalue weighted by molar-refractivity contribution is 0.462. The van der Waals surface area contributed by atoms with Gasteiger partial charge >= 0.3 is 0 Å². The molecule has 1 unspecified atom stereocenters. The van der Waals surface area contributed by atoms with Gasteiger partial charge in [-0.25, -0.2) is 12.7 Å². The van der Waals surface area contributed by atoms with Crippen LogP contribution in [0.1, 0.15) is 13.3 Å². The van der Waals surface area contributed by atoms with Crippen molar-refractivity contribution in [2.45, 2.75) is 23.1 Å². The average Bonchev–Trinajstić information content (AvgIpc) is 2.26. The molecule has 17 heavy (non-hydrogen) atoms. The van der Waals surface area contributed by atoms with Crippen molar-refractivity contribution < 1.29 is 8.42 Å². The maximum absolute atomic E-state index is 12.2. The Bertz CT molecular complexity index is 476. The van der Waals surface area contributed by atoms with Crippen LogP contribution < -0.4 is 0 Å². The number of sulfonamides is 1. The molecule has 0 amide bonds. The molecular weight excluding hydrogens is 326 g/mol. The van der Waals surface area contributed by atoms with Crippen LogP contribution in [0.5, 0.6) is 0 Å². The van der Waals surface area contributed by atoms with E-state index in [9.17, 15) is 8.42 Å². The molecule has 0 saturated heterocycles. The molecular formula is C11H15BrClNO2S. The first-order valence-corrected chi connectivity index (χ1v) is 7.94. The van der Waals surface area contributed by atoms with Crippen molar-refractivity contribution in [3.63, 3.8) is 0 Å². The highest BCUT2D eigenvalue weighted by atomic mass is 79.9. The minimum atomic E-state index is -3.48. The number of hydrogen-bond donors (Lipinski definition) is 0. The Labute approximate surface area is 116 Å². The van der Waals surface area contributed by atoms with Gasteiger partial charge < -0.3 is 0 Å². The van der Waals surface area contributed by atoms with Gasteiger partial charge in [-0.15, -0.1) is 0 Å². The van der Waals surface area contributed by atoms with E-state index in [1.54, 1.807) is 25.2 Å². The molecule has 0 heterocycles. The van der Waals surface area contributed by atoms with Crippen molar-refractivity contribution in [1.82, 2.24) is 4.31 Å². The highest BCUT2D eigenvalue weighted by Gasteiger charge is 2.22. The molecule has 6 heteroatoms. The maximum Gasteiger partial charge on any atom is 0.244 e. The lowest BCUT2D eigenvalue weighted by Gasteiger charge is -2.18. The highest BCUT2D eigenvalue weighted by Crippen LogP contribution is 2.23. The smallest absolute Gasteiger partial charge is 0.207 e. The third-order valence-electron chi connectivity index (χ3n) is 2.37. The molecule has 3 nitrogen and oxygen atoms in total. The van der Waals surface area contributed by atoms with E-state index >= 15 is 0 Å². The summed E-state index contributed by atoms with van der Waals surface area (Å²) in [7, 11) is -1.92. The van der Waals surface area contributed by atoms with Crippen LogP contribution in [0.4, 0.5) is 0 Å². The lowest BCUT2D eigenvalue weighted by Crippen LogP contribution is -2.29. The maximum atomic E-state index is 12.2. The van der Waals surface area contributed by atoms with Crippen LogP contribution in [-0.2, 0) is 10.0 Å². The molecule has 0 bridgehead atoms. The van der Waals surface area contributed by atoms with Crippen molar-refractivity contribution in [2.24, 2.45) is 0 Å². The van der Waals surface area contributed by atoms with E-state index in [1.165, 1.54) is 10.4 Å². The first-order valence-electron chi connectivity index (χ1n) is 5.20. The molecule has 1 aromatic carbocycles. The second kappa shape index (κ2) is 6.18. The van der Waals surface area contributed by atoms with Crippen LogP contribution in [0.3, 0.4) is 0 Å². The molecule has 0 saturated carbocycles. The Kier molecular flexibility index (Phi) is 5.44. The Morgan fingerprint density at radius 2 is 2.00 bits per heavy atom. The fourth-order valence-corrected chi connectivity index (χ4v) is 3.18. The molecule has 96 valence electrons. The van der Waals surface area contributed by atoms with Gasteiger partial charge in [0.2, 0.25) is 10.0 Å². The summed E-state index contributed by atoms with van der Waals surface area (Å²) in [5.41, 5.74) is 0. The van der Waals surface area contributed by atoms with Gasteiger partial charge in [0.1, 0.15) is 4.90 Å². The molecule has 0 N–H and O–H groups in total. The molecule has 0 fully saturated rings. The first-order chi connectivity index (χ1) is 7.85. The van der Waals surface area contributed by atoms with Crippen LogP contribution in [0.15, 0.2) is 29.2 Å². The minimum absolute atomic E-state index is 0.159. The van der Waals surface area contributed by atoms with Gasteiger partial charge in [-0.05, 0) is 18.6 Å². The third kappa shape index (κ3) is 3.95. The molecule has 0 radical (unpaired) electrons. The van der Waals surface area contributed by atoms with E-state index in [4.69, 9.17) is 11.6 Å². The second-order valence-electron chi connectivity index (χ2n) is 3.83. The summed E-state index contributed by atoms with van der Waals surface area (Å²) >= 11 is 9.29. The van der Waals surface area contributed by atoms with Crippen molar-refractivity contribution in [3.8, 4) is 0 Å². The van der Waals surface area contributed by atoms with Gasteiger partial charge in [-0.1, -0.05) is 46.6 Å². The fourth-order valence-electron chi connectivity index (χ4n) is 1.30. The molecule has 0 aromatic heterocycles. The average molecular weight is 341 g/mol. The number of rotatable bonds is 5. The van der Waals surface area contributed by atoms with Crippen LogP contribution in [0.25, 0.3) is 0 Å².